The maximum Gasteiger partial charge on any atom is 0.222 e. The largest absolute Gasteiger partial charge is 0.356 e. The third-order valence-electron chi connectivity index (χ3n) is 3.18. The third-order valence-corrected chi connectivity index (χ3v) is 3.18. The molecule has 0 unspecified atom stereocenters. The fourth-order valence-corrected chi connectivity index (χ4v) is 2.18. The van der Waals surface area contributed by atoms with Crippen LogP contribution in [0.2, 0.25) is 0 Å². The summed E-state index contributed by atoms with van der Waals surface area (Å²) in [4.78, 5) is 19.8. The van der Waals surface area contributed by atoms with Crippen molar-refractivity contribution in [1.29, 1.82) is 0 Å². The van der Waals surface area contributed by atoms with Gasteiger partial charge in [0, 0.05) is 37.9 Å². The molecule has 1 amide bonds. The average molecular weight is 275 g/mol. The first-order valence-electron chi connectivity index (χ1n) is 6.95. The number of carbonyl (C=O) groups excluding carboxylic acids is 1. The summed E-state index contributed by atoms with van der Waals surface area (Å²) in [5.41, 5.74) is 5.76. The molecule has 1 aromatic heterocycles. The maximum atomic E-state index is 11.7. The number of amides is 1. The summed E-state index contributed by atoms with van der Waals surface area (Å²) in [5.74, 6) is 0.995. The molecule has 0 aliphatic heterocycles. The Hall–Kier alpha value is -1.95. The summed E-state index contributed by atoms with van der Waals surface area (Å²) >= 11 is 0. The van der Waals surface area contributed by atoms with Crippen LogP contribution in [0.15, 0.2) is 30.6 Å². The molecule has 0 saturated heterocycles. The molecular weight excluding hydrogens is 254 g/mol. The van der Waals surface area contributed by atoms with Crippen molar-refractivity contribution in [1.82, 2.24) is 15.3 Å². The van der Waals surface area contributed by atoms with Crippen molar-refractivity contribution in [3.8, 4) is 0 Å². The van der Waals surface area contributed by atoms with Crippen LogP contribution in [0.25, 0.3) is 0 Å². The molecule has 6 heteroatoms. The van der Waals surface area contributed by atoms with Gasteiger partial charge in [-0.2, -0.15) is 0 Å². The smallest absolute Gasteiger partial charge is 0.222 e. The quantitative estimate of drug-likeness (QED) is 0.503. The lowest BCUT2D eigenvalue weighted by molar-refractivity contribution is -0.121. The second kappa shape index (κ2) is 7.59. The summed E-state index contributed by atoms with van der Waals surface area (Å²) in [6, 6.07) is 1.89. The number of hydrogen-bond donors (Lipinski definition) is 3. The molecule has 20 heavy (non-hydrogen) atoms. The van der Waals surface area contributed by atoms with Crippen LogP contribution in [-0.2, 0) is 4.79 Å². The van der Waals surface area contributed by atoms with E-state index in [0.29, 0.717) is 24.8 Å². The Balaban J connectivity index is 1.52. The maximum absolute atomic E-state index is 11.7. The molecule has 0 spiro atoms. The molecule has 1 heterocycles. The highest BCUT2D eigenvalue weighted by atomic mass is 16.1. The van der Waals surface area contributed by atoms with Gasteiger partial charge in [-0.1, -0.05) is 12.2 Å². The van der Waals surface area contributed by atoms with E-state index in [0.717, 1.165) is 19.4 Å². The van der Waals surface area contributed by atoms with Crippen LogP contribution < -0.4 is 16.4 Å². The van der Waals surface area contributed by atoms with E-state index in [1.807, 2.05) is 12.2 Å². The fourth-order valence-electron chi connectivity index (χ4n) is 2.18. The van der Waals surface area contributed by atoms with Crippen molar-refractivity contribution in [3.05, 3.63) is 30.6 Å². The Morgan fingerprint density at radius 3 is 2.80 bits per heavy atom. The number of rotatable bonds is 7. The first kappa shape index (κ1) is 14.5. The first-order chi connectivity index (χ1) is 9.74. The van der Waals surface area contributed by atoms with E-state index in [1.165, 1.54) is 0 Å². The molecule has 0 bridgehead atoms. The highest BCUT2D eigenvalue weighted by Gasteiger charge is 2.18. The highest BCUT2D eigenvalue weighted by Crippen LogP contribution is 2.19. The predicted molar refractivity (Wildman–Crippen MR) is 78.0 cm³/mol. The predicted octanol–water partition coefficient (Wildman–Crippen LogP) is 0.688. The zero-order chi connectivity index (χ0) is 14.2. The highest BCUT2D eigenvalue weighted by molar-refractivity contribution is 5.76. The molecule has 4 N–H and O–H groups in total. The minimum atomic E-state index is 0.0877. The van der Waals surface area contributed by atoms with Gasteiger partial charge >= 0.3 is 0 Å². The monoisotopic (exact) mass is 275 g/mol. The van der Waals surface area contributed by atoms with Gasteiger partial charge in [-0.25, -0.2) is 9.97 Å². The number of hydrogen-bond acceptors (Lipinski definition) is 5. The topological polar surface area (TPSA) is 92.9 Å². The number of aromatic nitrogens is 2. The second-order valence-corrected chi connectivity index (χ2v) is 4.95. The van der Waals surface area contributed by atoms with Crippen LogP contribution in [0.4, 0.5) is 5.95 Å². The Morgan fingerprint density at radius 2 is 2.10 bits per heavy atom. The minimum absolute atomic E-state index is 0.0877. The molecule has 1 aliphatic rings. The average Bonchev–Trinajstić information content (AvgIpc) is 2.85. The minimum Gasteiger partial charge on any atom is -0.356 e. The number of allylic oxidation sites excluding steroid dienone is 1. The normalized spacial score (nSPS) is 20.9. The summed E-state index contributed by atoms with van der Waals surface area (Å²) in [6.07, 6.45) is 9.64. The van der Waals surface area contributed by atoms with E-state index in [2.05, 4.69) is 20.6 Å². The Labute approximate surface area is 118 Å². The van der Waals surface area contributed by atoms with Gasteiger partial charge in [-0.3, -0.25) is 4.79 Å². The lowest BCUT2D eigenvalue weighted by Gasteiger charge is -2.10. The van der Waals surface area contributed by atoms with Gasteiger partial charge in [0.05, 0.1) is 0 Å². The first-order valence-corrected chi connectivity index (χ1v) is 6.95. The molecule has 0 radical (unpaired) electrons. The number of carbonyl (C=O) groups is 1. The van der Waals surface area contributed by atoms with Crippen LogP contribution in [0.5, 0.6) is 0 Å². The summed E-state index contributed by atoms with van der Waals surface area (Å²) < 4.78 is 0. The van der Waals surface area contributed by atoms with Crippen LogP contribution in [0, 0.1) is 5.92 Å². The molecule has 2 rings (SSSR count). The Kier molecular flexibility index (Phi) is 5.49. The number of nitrogens with one attached hydrogen (secondary N) is 2. The van der Waals surface area contributed by atoms with E-state index in [-0.39, 0.29) is 11.9 Å². The molecule has 108 valence electrons. The van der Waals surface area contributed by atoms with Crippen molar-refractivity contribution in [2.24, 2.45) is 11.7 Å². The third kappa shape index (κ3) is 4.97. The fraction of sp³-hybridized carbons (Fsp3) is 0.500. The van der Waals surface area contributed by atoms with Gasteiger partial charge < -0.3 is 16.4 Å². The summed E-state index contributed by atoms with van der Waals surface area (Å²) in [6.45, 7) is 1.39. The van der Waals surface area contributed by atoms with E-state index in [1.54, 1.807) is 18.5 Å². The summed E-state index contributed by atoms with van der Waals surface area (Å²) in [5, 5.41) is 6.01. The SMILES string of the molecule is N[C@@H]1C=C[C@H](CC(=O)NCCCNc2ncccn2)C1. The van der Waals surface area contributed by atoms with E-state index in [9.17, 15) is 4.79 Å². The molecule has 2 atom stereocenters. The van der Waals surface area contributed by atoms with Crippen molar-refractivity contribution in [3.63, 3.8) is 0 Å². The second-order valence-electron chi connectivity index (χ2n) is 4.95. The van der Waals surface area contributed by atoms with Crippen molar-refractivity contribution in [2.45, 2.75) is 25.3 Å². The van der Waals surface area contributed by atoms with Crippen LogP contribution in [-0.4, -0.2) is 35.0 Å². The number of nitrogens with two attached hydrogens (primary N) is 1. The van der Waals surface area contributed by atoms with Crippen LogP contribution in [0.3, 0.4) is 0 Å². The molecule has 0 fully saturated rings. The number of anilines is 1. The van der Waals surface area contributed by atoms with E-state index >= 15 is 0 Å². The molecule has 0 saturated carbocycles. The van der Waals surface area contributed by atoms with Gasteiger partial charge in [-0.05, 0) is 24.8 Å². The Bertz CT molecular complexity index is 448. The van der Waals surface area contributed by atoms with E-state index < -0.39 is 0 Å². The summed E-state index contributed by atoms with van der Waals surface area (Å²) in [7, 11) is 0. The zero-order valence-electron chi connectivity index (χ0n) is 11.5. The molecule has 0 aromatic carbocycles. The lowest BCUT2D eigenvalue weighted by Crippen LogP contribution is -2.27. The standard InChI is InChI=1S/C14H21N5O/c15-12-4-3-11(9-12)10-13(20)16-5-1-6-17-14-18-7-2-8-19-14/h2-4,7-8,11-12H,1,5-6,9-10,15H2,(H,16,20)(H,17,18,19)/t11-,12+/m0/s1. The molecule has 1 aromatic rings. The van der Waals surface area contributed by atoms with Gasteiger partial charge in [0.1, 0.15) is 0 Å². The molecular formula is C14H21N5O. The molecule has 1 aliphatic carbocycles. The number of nitrogens with zero attached hydrogens (tertiary/aromatic N) is 2. The van der Waals surface area contributed by atoms with Gasteiger partial charge in [0.15, 0.2) is 0 Å². The lowest BCUT2D eigenvalue weighted by atomic mass is 10.0. The Morgan fingerprint density at radius 1 is 1.30 bits per heavy atom. The van der Waals surface area contributed by atoms with Crippen LogP contribution >= 0.6 is 0 Å². The molecule has 6 nitrogen and oxygen atoms in total. The van der Waals surface area contributed by atoms with Gasteiger partial charge in [0.25, 0.3) is 0 Å². The van der Waals surface area contributed by atoms with Crippen molar-refractivity contribution < 1.29 is 4.79 Å². The van der Waals surface area contributed by atoms with Crippen molar-refractivity contribution in [2.75, 3.05) is 18.4 Å². The van der Waals surface area contributed by atoms with Gasteiger partial charge in [-0.15, -0.1) is 0 Å². The van der Waals surface area contributed by atoms with Crippen molar-refractivity contribution >= 4 is 11.9 Å². The zero-order valence-corrected chi connectivity index (χ0v) is 11.5. The van der Waals surface area contributed by atoms with Crippen LogP contribution in [0.1, 0.15) is 19.3 Å². The van der Waals surface area contributed by atoms with Gasteiger partial charge in [0.2, 0.25) is 11.9 Å². The van der Waals surface area contributed by atoms with E-state index in [4.69, 9.17) is 5.73 Å².